The lowest BCUT2D eigenvalue weighted by molar-refractivity contribution is 0.00448. The van der Waals surface area contributed by atoms with Crippen molar-refractivity contribution in [3.8, 4) is 16.4 Å². The number of aromatic nitrogens is 15. The summed E-state index contributed by atoms with van der Waals surface area (Å²) in [4.78, 5) is 86.2. The lowest BCUT2D eigenvalue weighted by atomic mass is 9.93. The Bertz CT molecular complexity index is 6140. The van der Waals surface area contributed by atoms with Crippen LogP contribution in [0.1, 0.15) is 104 Å². The van der Waals surface area contributed by atoms with Gasteiger partial charge >= 0.3 is 0 Å². The van der Waals surface area contributed by atoms with Crippen molar-refractivity contribution in [1.82, 2.24) is 78.2 Å². The first-order valence-electron chi connectivity index (χ1n) is 40.9. The number of anilines is 7. The number of halogens is 3. The molecule has 0 spiro atoms. The Balaban J connectivity index is 0.000000122. The van der Waals surface area contributed by atoms with Crippen molar-refractivity contribution in [3.63, 3.8) is 0 Å². The number of nitrogens with zero attached hydrogens (tertiary/aromatic N) is 18. The summed E-state index contributed by atoms with van der Waals surface area (Å²) in [5.74, 6) is 2.27. The predicted octanol–water partition coefficient (Wildman–Crippen LogP) is 10.4. The van der Waals surface area contributed by atoms with Gasteiger partial charge in [0.1, 0.15) is 45.4 Å². The lowest BCUT2D eigenvalue weighted by Gasteiger charge is -2.39. The van der Waals surface area contributed by atoms with Gasteiger partial charge in [-0.25, -0.2) is 47.1 Å². The number of thiazole rings is 1. The SMILES string of the molecule is Cc1ccc(-n2nc(N3CCCCC3)cc2NC(=O)c2cnn3cccnc23)nc1.Cc1cccc(C(=O)Nc2nc3ccccc3n2CCN2CCOCC2)c1.Cn1cc(NC(=O)c2cnn3ccc(N4CC(N)CC(C)(F)C4)nc23)c(C(F)F)n1.O=c1[nH]c(N2CCc3ccccc3C2)cc(N[C@@H]2C[C@H](CO)[C@@H](O)[C@H]2O)c1-c1nc2ccccc2s1. The molecular formula is C87H95F3N24O8S. The highest BCUT2D eigenvalue weighted by atomic mass is 32.1. The van der Waals surface area contributed by atoms with E-state index in [1.807, 2.05) is 123 Å². The van der Waals surface area contributed by atoms with Gasteiger partial charge < -0.3 is 66.0 Å². The minimum atomic E-state index is -2.84. The zero-order valence-electron chi connectivity index (χ0n) is 68.2. The summed E-state index contributed by atoms with van der Waals surface area (Å²) < 4.78 is 55.2. The number of pyridine rings is 2. The van der Waals surface area contributed by atoms with E-state index in [4.69, 9.17) is 20.6 Å². The van der Waals surface area contributed by atoms with Crippen LogP contribution in [-0.4, -0.2) is 213 Å². The Morgan fingerprint density at radius 1 is 0.699 bits per heavy atom. The Hall–Kier alpha value is -12.8. The monoisotopic (exact) mass is 1690 g/mol. The number of para-hydroxylation sites is 3. The summed E-state index contributed by atoms with van der Waals surface area (Å²) in [6.07, 6.45) is 11.0. The average molecular weight is 1690 g/mol. The van der Waals surface area contributed by atoms with E-state index in [1.165, 1.54) is 70.6 Å². The summed E-state index contributed by atoms with van der Waals surface area (Å²) in [6, 6.07) is 41.9. The number of alkyl halides is 3. The van der Waals surface area contributed by atoms with Crippen LogP contribution in [0, 0.1) is 19.8 Å². The van der Waals surface area contributed by atoms with E-state index in [2.05, 4.69) is 92.9 Å². The van der Waals surface area contributed by atoms with E-state index >= 15 is 0 Å². The van der Waals surface area contributed by atoms with Gasteiger partial charge in [0.25, 0.3) is 29.7 Å². The number of fused-ring (bicyclic) bond motifs is 5. The summed E-state index contributed by atoms with van der Waals surface area (Å²) in [5, 5.41) is 59.7. The van der Waals surface area contributed by atoms with Crippen LogP contribution in [0.15, 0.2) is 182 Å². The van der Waals surface area contributed by atoms with E-state index in [1.54, 1.807) is 51.0 Å². The number of amides is 3. The Kier molecular flexibility index (Phi) is 25.1. The number of H-pyrrole nitrogens is 1. The third-order valence-corrected chi connectivity index (χ3v) is 23.5. The number of benzene rings is 4. The zero-order valence-corrected chi connectivity index (χ0v) is 69.0. The predicted molar refractivity (Wildman–Crippen MR) is 464 cm³/mol. The summed E-state index contributed by atoms with van der Waals surface area (Å²) in [7, 11) is 1.48. The number of nitrogens with two attached hydrogens (primary N) is 1. The number of aromatic amines is 1. The molecule has 1 saturated carbocycles. The molecule has 4 fully saturated rings. The number of hydrogen-bond donors (Lipinski definition) is 9. The smallest absolute Gasteiger partial charge is 0.284 e. The highest BCUT2D eigenvalue weighted by Gasteiger charge is 2.42. The second-order valence-electron chi connectivity index (χ2n) is 31.6. The molecule has 3 saturated heterocycles. The van der Waals surface area contributed by atoms with Gasteiger partial charge in [-0.2, -0.15) is 20.0 Å². The lowest BCUT2D eigenvalue weighted by Crippen LogP contribution is -2.53. The Morgan fingerprint density at radius 2 is 1.45 bits per heavy atom. The normalized spacial score (nSPS) is 19.1. The molecule has 2 unspecified atom stereocenters. The number of aryl methyl sites for hydroxylation is 3. The van der Waals surface area contributed by atoms with Gasteiger partial charge in [0.15, 0.2) is 28.6 Å². The van der Waals surface area contributed by atoms with E-state index in [0.717, 1.165) is 116 Å². The maximum Gasteiger partial charge on any atom is 0.284 e. The molecule has 6 atom stereocenters. The first kappa shape index (κ1) is 83.8. The molecule has 0 radical (unpaired) electrons. The minimum absolute atomic E-state index is 0.0882. The molecule has 3 amide bonds. The third kappa shape index (κ3) is 19.1. The number of imidazole rings is 1. The molecular weight excluding hydrogens is 1600 g/mol. The topological polar surface area (TPSA) is 381 Å². The quantitative estimate of drug-likeness (QED) is 0.0385. The van der Waals surface area contributed by atoms with Crippen LogP contribution in [0.2, 0.25) is 0 Å². The number of aliphatic hydroxyl groups excluding tert-OH is 3. The second kappa shape index (κ2) is 36.8. The number of nitrogens with one attached hydrogen (secondary N) is 5. The Labute approximate surface area is 708 Å². The maximum absolute atomic E-state index is 14.6. The summed E-state index contributed by atoms with van der Waals surface area (Å²) in [6.45, 7) is 14.3. The van der Waals surface area contributed by atoms with Crippen LogP contribution in [-0.2, 0) is 31.3 Å². The molecule has 4 aromatic carbocycles. The standard InChI is InChI=1S/C27H28N4O4S.C21H22N8O.C21H24N4O2.C18H21F3N8O/c32-14-17-11-20(25(34)24(17)33)28-19-12-22(31-10-9-15-5-1-2-6-16(15)13-31)30-26(35)23(19)27-29-18-7-3-4-8-21(18)36-27;1-15-6-7-17(23-13-15)29-18(12-19(26-29)27-9-3-2-4-10-27)25-21(30)16-14-24-28-11-5-8-22-20(16)28;1-16-5-4-6-17(15-16)20(26)23-21-22-18-7-2-3-8-19(18)25(21)10-9-24-11-13-27-14-12-24;1-18(21)5-10(22)7-28(9-18)13-3-4-29-16(25-13)11(6-23-29)17(30)24-12-8-27(2)26-14(12)15(19)20/h1-8,12,17,20,24-25,32-34H,9-11,13-14H2,(H2,28,30,35);5-8,11-14H,2-4,9-10H2,1H3,(H,25,30);2-8,15H,9-14H2,1H3,(H,22,23,26);3-4,6,8,10,15H,5,7,9,22H2,1-2H3,(H,24,30)/t17-,20-,24-,25+;;;/m1.../s1. The first-order chi connectivity index (χ1) is 59.5. The van der Waals surface area contributed by atoms with Gasteiger partial charge in [-0.3, -0.25) is 34.1 Å². The second-order valence-corrected chi connectivity index (χ2v) is 32.7. The van der Waals surface area contributed by atoms with E-state index in [0.29, 0.717) is 81.8 Å². The van der Waals surface area contributed by atoms with Crippen LogP contribution >= 0.6 is 11.3 Å². The Morgan fingerprint density at radius 3 is 2.20 bits per heavy atom. The van der Waals surface area contributed by atoms with Crippen molar-refractivity contribution in [2.24, 2.45) is 18.7 Å². The molecule has 32 nitrogen and oxygen atoms in total. The molecule has 5 aliphatic rings. The molecule has 36 heteroatoms. The zero-order chi connectivity index (χ0) is 85.6. The molecule has 10 N–H and O–H groups in total. The maximum atomic E-state index is 14.6. The van der Waals surface area contributed by atoms with Crippen LogP contribution in [0.5, 0.6) is 0 Å². The summed E-state index contributed by atoms with van der Waals surface area (Å²) in [5.41, 5.74) is 13.9. The number of rotatable bonds is 18. The molecule has 1 aliphatic carbocycles. The van der Waals surface area contributed by atoms with Crippen LogP contribution in [0.3, 0.4) is 0 Å². The highest BCUT2D eigenvalue weighted by Crippen LogP contribution is 2.39. The fourth-order valence-corrected chi connectivity index (χ4v) is 17.2. The van der Waals surface area contributed by atoms with Crippen LogP contribution in [0.25, 0.3) is 48.9 Å². The largest absolute Gasteiger partial charge is 0.396 e. The summed E-state index contributed by atoms with van der Waals surface area (Å²) >= 11 is 1.44. The van der Waals surface area contributed by atoms with Gasteiger partial charge in [-0.1, -0.05) is 72.3 Å². The third-order valence-electron chi connectivity index (χ3n) is 22.4. The van der Waals surface area contributed by atoms with Crippen molar-refractivity contribution in [3.05, 3.63) is 232 Å². The molecule has 14 aromatic rings. The van der Waals surface area contributed by atoms with Crippen molar-refractivity contribution in [2.45, 2.75) is 109 Å². The van der Waals surface area contributed by atoms with Crippen molar-refractivity contribution in [1.29, 1.82) is 0 Å². The minimum Gasteiger partial charge on any atom is -0.396 e. The fourth-order valence-electron chi connectivity index (χ4n) is 16.2. The highest BCUT2D eigenvalue weighted by molar-refractivity contribution is 7.21. The van der Waals surface area contributed by atoms with Crippen LogP contribution in [0.4, 0.5) is 53.8 Å². The van der Waals surface area contributed by atoms with Crippen molar-refractivity contribution in [2.75, 3.05) is 108 Å². The number of carbonyl (C=O) groups excluding carboxylic acids is 3. The van der Waals surface area contributed by atoms with Gasteiger partial charge in [0.2, 0.25) is 5.95 Å². The fraction of sp³-hybridized carbons (Fsp3) is 0.345. The van der Waals surface area contributed by atoms with Crippen molar-refractivity contribution >= 4 is 102 Å². The number of hydrogen-bond acceptors (Lipinski definition) is 24. The molecule has 10 aromatic heterocycles. The van der Waals surface area contributed by atoms with Gasteiger partial charge in [0, 0.05) is 133 Å². The number of ether oxygens (including phenoxy) is 1. The van der Waals surface area contributed by atoms with Gasteiger partial charge in [-0.05, 0) is 131 Å². The molecule has 4 aliphatic heterocycles. The van der Waals surface area contributed by atoms with Crippen LogP contribution < -0.4 is 47.3 Å². The van der Waals surface area contributed by atoms with Crippen molar-refractivity contribution < 1.29 is 47.6 Å². The van der Waals surface area contributed by atoms with Gasteiger partial charge in [-0.15, -0.1) is 16.4 Å². The van der Waals surface area contributed by atoms with E-state index in [9.17, 15) is 47.7 Å². The van der Waals surface area contributed by atoms with E-state index in [-0.39, 0.29) is 59.9 Å². The molecule has 19 rings (SSSR count). The molecule has 14 heterocycles. The van der Waals surface area contributed by atoms with E-state index < -0.39 is 47.9 Å². The number of carbonyl (C=O) groups is 3. The number of aliphatic hydroxyl groups is 3. The molecule has 123 heavy (non-hydrogen) atoms. The molecule has 0 bridgehead atoms. The number of morpholine rings is 1. The number of piperidine rings is 2. The first-order valence-corrected chi connectivity index (χ1v) is 41.7. The average Bonchev–Trinajstić information content (AvgIpc) is 1.72. The van der Waals surface area contributed by atoms with Gasteiger partial charge in [0.05, 0.1) is 82.5 Å². The molecule has 638 valence electrons.